The summed E-state index contributed by atoms with van der Waals surface area (Å²) in [5.74, 6) is 3.81. The summed E-state index contributed by atoms with van der Waals surface area (Å²) in [4.78, 5) is 16.3. The van der Waals surface area contributed by atoms with Crippen LogP contribution in [0.1, 0.15) is 60.5 Å². The Morgan fingerprint density at radius 1 is 0.658 bits per heavy atom. The normalized spacial score (nSPS) is 22.0. The molecule has 38 heavy (non-hydrogen) atoms. The van der Waals surface area contributed by atoms with Gasteiger partial charge in [0, 0.05) is 33.4 Å². The average Bonchev–Trinajstić information content (AvgIpc) is 3.78. The Balaban J connectivity index is 1.07. The summed E-state index contributed by atoms with van der Waals surface area (Å²) in [7, 11) is 0. The van der Waals surface area contributed by atoms with Gasteiger partial charge in [0.2, 0.25) is 0 Å². The topological polar surface area (TPSA) is 99.9 Å². The van der Waals surface area contributed by atoms with E-state index in [0.29, 0.717) is 25.3 Å². The molecule has 0 aliphatic carbocycles. The van der Waals surface area contributed by atoms with Gasteiger partial charge in [0.05, 0.1) is 35.9 Å². The van der Waals surface area contributed by atoms with Crippen molar-refractivity contribution in [3.05, 3.63) is 71.6 Å². The SMILES string of the molecule is c1cc2c(cc1-c1cnc([C@@H]3CCCN3)[nH]1)OCC1=C2COc2cc(-c3cnc([C@@H]4CCCN4)[nH]3)ccc21. The van der Waals surface area contributed by atoms with Crippen molar-refractivity contribution in [2.45, 2.75) is 37.8 Å². The largest absolute Gasteiger partial charge is 0.488 e. The molecule has 0 radical (unpaired) electrons. The first-order chi connectivity index (χ1) is 18.8. The number of hydrogen-bond donors (Lipinski definition) is 4. The van der Waals surface area contributed by atoms with Gasteiger partial charge in [-0.1, -0.05) is 24.3 Å². The van der Waals surface area contributed by atoms with Crippen LogP contribution in [0.5, 0.6) is 11.5 Å². The smallest absolute Gasteiger partial charge is 0.128 e. The fraction of sp³-hybridized carbons (Fsp3) is 0.333. The van der Waals surface area contributed by atoms with Crippen molar-refractivity contribution in [3.8, 4) is 34.0 Å². The number of nitrogens with one attached hydrogen (secondary N) is 4. The van der Waals surface area contributed by atoms with Crippen LogP contribution >= 0.6 is 0 Å². The Labute approximate surface area is 220 Å². The van der Waals surface area contributed by atoms with Crippen LogP contribution in [0.3, 0.4) is 0 Å². The molecular weight excluding hydrogens is 476 g/mol. The first-order valence-corrected chi connectivity index (χ1v) is 13.6. The summed E-state index contributed by atoms with van der Waals surface area (Å²) >= 11 is 0. The second kappa shape index (κ2) is 8.85. The lowest BCUT2D eigenvalue weighted by Crippen LogP contribution is -2.19. The molecule has 4 N–H and O–H groups in total. The number of imidazole rings is 2. The van der Waals surface area contributed by atoms with Gasteiger partial charge in [0.1, 0.15) is 36.4 Å². The Morgan fingerprint density at radius 2 is 1.16 bits per heavy atom. The van der Waals surface area contributed by atoms with Crippen LogP contribution in [-0.4, -0.2) is 46.2 Å². The van der Waals surface area contributed by atoms with Gasteiger partial charge in [-0.15, -0.1) is 0 Å². The molecule has 0 saturated carbocycles. The molecule has 6 heterocycles. The van der Waals surface area contributed by atoms with E-state index in [4.69, 9.17) is 9.47 Å². The molecule has 0 spiro atoms. The minimum atomic E-state index is 0.324. The third kappa shape index (κ3) is 3.67. The fourth-order valence-corrected chi connectivity index (χ4v) is 6.23. The molecule has 192 valence electrons. The van der Waals surface area contributed by atoms with Crippen molar-refractivity contribution >= 4 is 11.1 Å². The summed E-state index contributed by atoms with van der Waals surface area (Å²) in [6.07, 6.45) is 8.49. The van der Waals surface area contributed by atoms with Crippen LogP contribution < -0.4 is 20.1 Å². The summed E-state index contributed by atoms with van der Waals surface area (Å²) in [6.45, 7) is 3.17. The van der Waals surface area contributed by atoms with Crippen molar-refractivity contribution in [2.24, 2.45) is 0 Å². The second-order valence-electron chi connectivity index (χ2n) is 10.6. The molecule has 8 heteroatoms. The molecule has 2 fully saturated rings. The molecule has 2 atom stereocenters. The van der Waals surface area contributed by atoms with Crippen molar-refractivity contribution in [3.63, 3.8) is 0 Å². The van der Waals surface area contributed by atoms with Gasteiger partial charge in [-0.05, 0) is 50.9 Å². The molecule has 2 aromatic heterocycles. The summed E-state index contributed by atoms with van der Waals surface area (Å²) < 4.78 is 12.6. The molecular formula is C30H30N6O2. The van der Waals surface area contributed by atoms with Gasteiger partial charge in [0.25, 0.3) is 0 Å². The van der Waals surface area contributed by atoms with E-state index >= 15 is 0 Å². The van der Waals surface area contributed by atoms with Gasteiger partial charge < -0.3 is 30.1 Å². The van der Waals surface area contributed by atoms with Crippen LogP contribution in [0, 0.1) is 0 Å². The molecule has 0 amide bonds. The highest BCUT2D eigenvalue weighted by atomic mass is 16.5. The van der Waals surface area contributed by atoms with E-state index in [9.17, 15) is 0 Å². The number of H-pyrrole nitrogens is 2. The number of fused-ring (bicyclic) bond motifs is 4. The van der Waals surface area contributed by atoms with Crippen LogP contribution in [0.25, 0.3) is 33.7 Å². The van der Waals surface area contributed by atoms with Crippen molar-refractivity contribution in [2.75, 3.05) is 26.3 Å². The first kappa shape index (κ1) is 22.1. The minimum absolute atomic E-state index is 0.324. The zero-order valence-electron chi connectivity index (χ0n) is 21.1. The van der Waals surface area contributed by atoms with E-state index in [1.165, 1.54) is 24.0 Å². The maximum atomic E-state index is 6.31. The van der Waals surface area contributed by atoms with E-state index < -0.39 is 0 Å². The molecule has 0 unspecified atom stereocenters. The fourth-order valence-electron chi connectivity index (χ4n) is 6.23. The quantitative estimate of drug-likeness (QED) is 0.311. The maximum absolute atomic E-state index is 6.31. The van der Waals surface area contributed by atoms with Crippen molar-refractivity contribution in [1.29, 1.82) is 0 Å². The Bertz CT molecular complexity index is 1440. The molecule has 8 nitrogen and oxygen atoms in total. The van der Waals surface area contributed by atoms with Crippen LogP contribution in [-0.2, 0) is 0 Å². The highest BCUT2D eigenvalue weighted by Gasteiger charge is 2.29. The lowest BCUT2D eigenvalue weighted by atomic mass is 9.89. The molecule has 4 aromatic rings. The number of benzene rings is 2. The van der Waals surface area contributed by atoms with Gasteiger partial charge >= 0.3 is 0 Å². The van der Waals surface area contributed by atoms with Crippen LogP contribution in [0.15, 0.2) is 48.8 Å². The Kier molecular flexibility index (Phi) is 5.16. The lowest BCUT2D eigenvalue weighted by molar-refractivity contribution is 0.337. The molecule has 4 aliphatic heterocycles. The molecule has 2 aromatic carbocycles. The van der Waals surface area contributed by atoms with E-state index in [2.05, 4.69) is 67.0 Å². The summed E-state index contributed by atoms with van der Waals surface area (Å²) in [5.41, 5.74) is 8.81. The number of hydrogen-bond acceptors (Lipinski definition) is 6. The number of rotatable bonds is 4. The lowest BCUT2D eigenvalue weighted by Gasteiger charge is -2.30. The minimum Gasteiger partial charge on any atom is -0.488 e. The standard InChI is InChI=1S/C30H30N6O2/c1-3-23(31-9-1)29-33-13-25(35-29)17-5-7-19-21-16-38-28-12-18(6-8-20(28)22(21)15-37-27(19)11-17)26-14-34-30(36-26)24-4-2-10-32-24/h5-8,11-14,23-24,31-32H,1-4,9-10,15-16H2,(H,33,35)(H,34,36)/t23-,24-/m0/s1. The Morgan fingerprint density at radius 3 is 1.61 bits per heavy atom. The molecule has 0 bridgehead atoms. The van der Waals surface area contributed by atoms with E-state index in [1.807, 2.05) is 12.4 Å². The number of nitrogens with zero attached hydrogens (tertiary/aromatic N) is 2. The second-order valence-corrected chi connectivity index (χ2v) is 10.6. The predicted octanol–water partition coefficient (Wildman–Crippen LogP) is 5.01. The van der Waals surface area contributed by atoms with Gasteiger partial charge in [-0.3, -0.25) is 0 Å². The predicted molar refractivity (Wildman–Crippen MR) is 146 cm³/mol. The van der Waals surface area contributed by atoms with Crippen LogP contribution in [0.2, 0.25) is 0 Å². The van der Waals surface area contributed by atoms with Gasteiger partial charge in [0.15, 0.2) is 0 Å². The zero-order chi connectivity index (χ0) is 25.1. The highest BCUT2D eigenvalue weighted by Crippen LogP contribution is 2.45. The van der Waals surface area contributed by atoms with Gasteiger partial charge in [-0.25, -0.2) is 9.97 Å². The highest BCUT2D eigenvalue weighted by molar-refractivity contribution is 5.98. The molecule has 8 rings (SSSR count). The number of ether oxygens (including phenoxy) is 2. The first-order valence-electron chi connectivity index (χ1n) is 13.6. The van der Waals surface area contributed by atoms with Crippen LogP contribution in [0.4, 0.5) is 0 Å². The third-order valence-corrected chi connectivity index (χ3v) is 8.32. The third-order valence-electron chi connectivity index (χ3n) is 8.32. The van der Waals surface area contributed by atoms with Crippen molar-refractivity contribution in [1.82, 2.24) is 30.6 Å². The van der Waals surface area contributed by atoms with E-state index in [1.54, 1.807) is 0 Å². The monoisotopic (exact) mass is 506 g/mol. The van der Waals surface area contributed by atoms with E-state index in [-0.39, 0.29) is 0 Å². The van der Waals surface area contributed by atoms with Gasteiger partial charge in [-0.2, -0.15) is 0 Å². The number of aromatic amines is 2. The molecule has 4 aliphatic rings. The summed E-state index contributed by atoms with van der Waals surface area (Å²) in [5, 5.41) is 7.01. The summed E-state index contributed by atoms with van der Waals surface area (Å²) in [6, 6.07) is 13.5. The Hall–Kier alpha value is -3.88. The molecule has 2 saturated heterocycles. The maximum Gasteiger partial charge on any atom is 0.128 e. The van der Waals surface area contributed by atoms with Crippen molar-refractivity contribution < 1.29 is 9.47 Å². The van der Waals surface area contributed by atoms with E-state index in [0.717, 1.165) is 82.7 Å². The average molecular weight is 507 g/mol. The zero-order valence-corrected chi connectivity index (χ0v) is 21.1. The number of aromatic nitrogens is 4.